The number of ether oxygens (including phenoxy) is 1. The van der Waals surface area contributed by atoms with E-state index >= 15 is 0 Å². The van der Waals surface area contributed by atoms with Gasteiger partial charge in [-0.15, -0.1) is 0 Å². The van der Waals surface area contributed by atoms with E-state index in [1.54, 1.807) is 30.5 Å². The predicted octanol–water partition coefficient (Wildman–Crippen LogP) is 2.23. The minimum Gasteiger partial charge on any atom is -0.497 e. The lowest BCUT2D eigenvalue weighted by Crippen LogP contribution is -2.54. The van der Waals surface area contributed by atoms with E-state index in [2.05, 4.69) is 10.3 Å². The van der Waals surface area contributed by atoms with Crippen LogP contribution in [0.5, 0.6) is 5.75 Å². The van der Waals surface area contributed by atoms with Crippen LogP contribution in [-0.4, -0.2) is 39.4 Å². The van der Waals surface area contributed by atoms with Gasteiger partial charge in [-0.2, -0.15) is 0 Å². The van der Waals surface area contributed by atoms with Gasteiger partial charge in [0.1, 0.15) is 17.5 Å². The fourth-order valence-electron chi connectivity index (χ4n) is 3.53. The van der Waals surface area contributed by atoms with E-state index in [0.29, 0.717) is 25.3 Å². The molecule has 7 heteroatoms. The van der Waals surface area contributed by atoms with Crippen molar-refractivity contribution >= 4 is 11.8 Å². The summed E-state index contributed by atoms with van der Waals surface area (Å²) in [6.07, 6.45) is 5.23. The number of fused-ring (bicyclic) bond motifs is 1. The van der Waals surface area contributed by atoms with Crippen LogP contribution in [0.25, 0.3) is 0 Å². The topological polar surface area (TPSA) is 76.5 Å². The average Bonchev–Trinajstić information content (AvgIpc) is 3.24. The Morgan fingerprint density at radius 1 is 1.21 bits per heavy atom. The molecule has 3 heterocycles. The fourth-order valence-corrected chi connectivity index (χ4v) is 3.53. The largest absolute Gasteiger partial charge is 0.497 e. The van der Waals surface area contributed by atoms with Crippen molar-refractivity contribution in [3.05, 3.63) is 83.9 Å². The van der Waals surface area contributed by atoms with Gasteiger partial charge in [0.2, 0.25) is 5.91 Å². The second-order valence-electron chi connectivity index (χ2n) is 6.93. The van der Waals surface area contributed by atoms with Crippen molar-refractivity contribution in [2.24, 2.45) is 0 Å². The second kappa shape index (κ2) is 8.18. The molecule has 1 aromatic carbocycles. The molecule has 0 fully saturated rings. The molecule has 1 atom stereocenters. The van der Waals surface area contributed by atoms with E-state index < -0.39 is 6.04 Å². The van der Waals surface area contributed by atoms with Crippen LogP contribution in [0.3, 0.4) is 0 Å². The number of nitrogens with zero attached hydrogens (tertiary/aromatic N) is 3. The standard InChI is InChI=1S/C22H22N4O3/c1-29-18-7-2-5-16(11-18)13-24-21(27)20-15-25-10-4-8-19(25)22(28)26(20)14-17-6-3-9-23-12-17/h2-12,20H,13-15H2,1H3,(H,24,27). The van der Waals surface area contributed by atoms with Crippen LogP contribution in [0.15, 0.2) is 67.1 Å². The minimum atomic E-state index is -0.604. The Hall–Kier alpha value is -3.61. The molecule has 0 radical (unpaired) electrons. The van der Waals surface area contributed by atoms with Crippen LogP contribution < -0.4 is 10.1 Å². The molecule has 148 valence electrons. The quantitative estimate of drug-likeness (QED) is 0.700. The molecule has 2 aromatic heterocycles. The van der Waals surface area contributed by atoms with E-state index in [-0.39, 0.29) is 11.8 Å². The molecule has 1 aliphatic rings. The van der Waals surface area contributed by atoms with Crippen molar-refractivity contribution < 1.29 is 14.3 Å². The summed E-state index contributed by atoms with van der Waals surface area (Å²) in [7, 11) is 1.61. The number of amides is 2. The third kappa shape index (κ3) is 3.99. The third-order valence-electron chi connectivity index (χ3n) is 5.03. The van der Waals surface area contributed by atoms with Gasteiger partial charge in [0.15, 0.2) is 0 Å². The SMILES string of the molecule is COc1cccc(CNC(=O)C2Cn3cccc3C(=O)N2Cc2cccnc2)c1. The second-order valence-corrected chi connectivity index (χ2v) is 6.93. The first-order chi connectivity index (χ1) is 14.2. The zero-order valence-corrected chi connectivity index (χ0v) is 16.1. The molecule has 4 rings (SSSR count). The molecular weight excluding hydrogens is 368 g/mol. The number of methoxy groups -OCH3 is 1. The number of carbonyl (C=O) groups is 2. The molecule has 0 saturated carbocycles. The number of pyridine rings is 1. The maximum Gasteiger partial charge on any atom is 0.271 e. The van der Waals surface area contributed by atoms with Crippen molar-refractivity contribution in [3.8, 4) is 5.75 Å². The Bertz CT molecular complexity index is 1020. The molecule has 29 heavy (non-hydrogen) atoms. The Labute approximate surface area is 168 Å². The lowest BCUT2D eigenvalue weighted by atomic mass is 10.1. The molecule has 0 spiro atoms. The lowest BCUT2D eigenvalue weighted by Gasteiger charge is -2.35. The summed E-state index contributed by atoms with van der Waals surface area (Å²) >= 11 is 0. The number of nitrogens with one attached hydrogen (secondary N) is 1. The fraction of sp³-hybridized carbons (Fsp3) is 0.227. The summed E-state index contributed by atoms with van der Waals surface area (Å²) < 4.78 is 7.06. The van der Waals surface area contributed by atoms with Crippen LogP contribution >= 0.6 is 0 Å². The highest BCUT2D eigenvalue weighted by Crippen LogP contribution is 2.21. The molecular formula is C22H22N4O3. The first-order valence-corrected chi connectivity index (χ1v) is 9.41. The molecule has 1 N–H and O–H groups in total. The number of hydrogen-bond acceptors (Lipinski definition) is 4. The summed E-state index contributed by atoms with van der Waals surface area (Å²) in [5.74, 6) is 0.385. The molecule has 1 unspecified atom stereocenters. The maximum absolute atomic E-state index is 13.0. The maximum atomic E-state index is 13.0. The lowest BCUT2D eigenvalue weighted by molar-refractivity contribution is -0.126. The molecule has 0 bridgehead atoms. The predicted molar refractivity (Wildman–Crippen MR) is 107 cm³/mol. The number of benzene rings is 1. The van der Waals surface area contributed by atoms with Gasteiger partial charge in [0.05, 0.1) is 13.7 Å². The Morgan fingerprint density at radius 2 is 2.07 bits per heavy atom. The van der Waals surface area contributed by atoms with Crippen LogP contribution in [0.4, 0.5) is 0 Å². The number of carbonyl (C=O) groups excluding carboxylic acids is 2. The van der Waals surface area contributed by atoms with Gasteiger partial charge >= 0.3 is 0 Å². The average molecular weight is 390 g/mol. The molecule has 3 aromatic rings. The molecule has 7 nitrogen and oxygen atoms in total. The number of rotatable bonds is 6. The monoisotopic (exact) mass is 390 g/mol. The summed E-state index contributed by atoms with van der Waals surface area (Å²) in [5.41, 5.74) is 2.40. The van der Waals surface area contributed by atoms with Crippen LogP contribution in [0, 0.1) is 0 Å². The van der Waals surface area contributed by atoms with E-state index in [0.717, 1.165) is 16.9 Å². The van der Waals surface area contributed by atoms with Gasteiger partial charge in [0, 0.05) is 31.7 Å². The Kier molecular flexibility index (Phi) is 5.29. The van der Waals surface area contributed by atoms with Gasteiger partial charge in [0.25, 0.3) is 5.91 Å². The first-order valence-electron chi connectivity index (χ1n) is 9.41. The zero-order valence-electron chi connectivity index (χ0n) is 16.1. The zero-order chi connectivity index (χ0) is 20.2. The minimum absolute atomic E-state index is 0.161. The Balaban J connectivity index is 1.53. The Morgan fingerprint density at radius 3 is 2.86 bits per heavy atom. The normalized spacial score (nSPS) is 15.7. The number of hydrogen-bond donors (Lipinski definition) is 1. The number of aromatic nitrogens is 2. The van der Waals surface area contributed by atoms with Gasteiger partial charge in [-0.3, -0.25) is 14.6 Å². The molecule has 0 saturated heterocycles. The highest BCUT2D eigenvalue weighted by Gasteiger charge is 2.36. The van der Waals surface area contributed by atoms with E-state index in [1.807, 2.05) is 53.2 Å². The van der Waals surface area contributed by atoms with Gasteiger partial charge in [-0.1, -0.05) is 18.2 Å². The van der Waals surface area contributed by atoms with E-state index in [4.69, 9.17) is 4.74 Å². The highest BCUT2D eigenvalue weighted by molar-refractivity contribution is 5.97. The molecule has 2 amide bonds. The van der Waals surface area contributed by atoms with Gasteiger partial charge < -0.3 is 19.5 Å². The van der Waals surface area contributed by atoms with E-state index in [9.17, 15) is 9.59 Å². The molecule has 0 aliphatic carbocycles. The van der Waals surface area contributed by atoms with Crippen molar-refractivity contribution in [2.75, 3.05) is 7.11 Å². The van der Waals surface area contributed by atoms with E-state index in [1.165, 1.54) is 0 Å². The van der Waals surface area contributed by atoms with Crippen LogP contribution in [-0.2, 0) is 24.4 Å². The molecule has 1 aliphatic heterocycles. The van der Waals surface area contributed by atoms with Gasteiger partial charge in [-0.05, 0) is 41.5 Å². The van der Waals surface area contributed by atoms with Crippen molar-refractivity contribution in [2.45, 2.75) is 25.7 Å². The summed E-state index contributed by atoms with van der Waals surface area (Å²) in [6, 6.07) is 14.3. The summed E-state index contributed by atoms with van der Waals surface area (Å²) in [6.45, 7) is 1.10. The van der Waals surface area contributed by atoms with Gasteiger partial charge in [-0.25, -0.2) is 0 Å². The third-order valence-corrected chi connectivity index (χ3v) is 5.03. The van der Waals surface area contributed by atoms with Crippen molar-refractivity contribution in [1.82, 2.24) is 19.8 Å². The smallest absolute Gasteiger partial charge is 0.271 e. The highest BCUT2D eigenvalue weighted by atomic mass is 16.5. The first kappa shape index (κ1) is 18.7. The summed E-state index contributed by atoms with van der Waals surface area (Å²) in [4.78, 5) is 31.8. The van der Waals surface area contributed by atoms with Crippen LogP contribution in [0.2, 0.25) is 0 Å². The van der Waals surface area contributed by atoms with Crippen molar-refractivity contribution in [3.63, 3.8) is 0 Å². The summed E-state index contributed by atoms with van der Waals surface area (Å²) in [5, 5.41) is 2.96. The van der Waals surface area contributed by atoms with Crippen molar-refractivity contribution in [1.29, 1.82) is 0 Å². The van der Waals surface area contributed by atoms with Crippen LogP contribution in [0.1, 0.15) is 21.6 Å².